The molecule has 0 saturated carbocycles. The van der Waals surface area contributed by atoms with E-state index in [4.69, 9.17) is 4.52 Å². The first-order valence-corrected chi connectivity index (χ1v) is 8.67. The van der Waals surface area contributed by atoms with E-state index in [9.17, 15) is 14.3 Å². The van der Waals surface area contributed by atoms with Crippen molar-refractivity contribution in [2.24, 2.45) is 0 Å². The SMILES string of the molecule is C=CC(=O)NCCC[N+](C)(C)CCCP(=O)(O)OCC. The number of nitrogens with zero attached hydrogens (tertiary/aromatic N) is 1. The van der Waals surface area contributed by atoms with E-state index < -0.39 is 7.60 Å². The lowest BCUT2D eigenvalue weighted by Crippen LogP contribution is -2.42. The number of quaternary nitrogens is 1. The average molecular weight is 307 g/mol. The molecule has 0 aromatic carbocycles. The highest BCUT2D eigenvalue weighted by molar-refractivity contribution is 7.52. The Bertz CT molecular complexity index is 358. The number of carbonyl (C=O) groups excluding carboxylic acids is 1. The second-order valence-electron chi connectivity index (χ2n) is 5.36. The smallest absolute Gasteiger partial charge is 0.328 e. The van der Waals surface area contributed by atoms with E-state index >= 15 is 0 Å². The molecule has 0 saturated heterocycles. The van der Waals surface area contributed by atoms with Crippen LogP contribution in [-0.2, 0) is 13.9 Å². The lowest BCUT2D eigenvalue weighted by molar-refractivity contribution is -0.890. The first kappa shape index (κ1) is 19.3. The van der Waals surface area contributed by atoms with Gasteiger partial charge in [-0.15, -0.1) is 0 Å². The van der Waals surface area contributed by atoms with E-state index in [2.05, 4.69) is 26.0 Å². The Kier molecular flexibility index (Phi) is 8.98. The quantitative estimate of drug-likeness (QED) is 0.262. The van der Waals surface area contributed by atoms with Crippen LogP contribution in [0.15, 0.2) is 12.7 Å². The molecule has 0 aromatic rings. The molecule has 0 rings (SSSR count). The lowest BCUT2D eigenvalue weighted by atomic mass is 10.3. The van der Waals surface area contributed by atoms with E-state index in [0.29, 0.717) is 13.0 Å². The molecule has 1 atom stereocenters. The van der Waals surface area contributed by atoms with E-state index in [1.165, 1.54) is 6.08 Å². The summed E-state index contributed by atoms with van der Waals surface area (Å²) in [6.45, 7) is 7.66. The minimum absolute atomic E-state index is 0.159. The van der Waals surface area contributed by atoms with Gasteiger partial charge in [-0.2, -0.15) is 0 Å². The maximum Gasteiger partial charge on any atom is 0.328 e. The fourth-order valence-electron chi connectivity index (χ4n) is 1.87. The van der Waals surface area contributed by atoms with E-state index in [-0.39, 0.29) is 18.7 Å². The zero-order valence-electron chi connectivity index (χ0n) is 12.8. The maximum absolute atomic E-state index is 11.5. The van der Waals surface area contributed by atoms with Crippen LogP contribution in [0.25, 0.3) is 0 Å². The van der Waals surface area contributed by atoms with Crippen LogP contribution in [0.5, 0.6) is 0 Å². The number of rotatable bonds is 11. The fourth-order valence-corrected chi connectivity index (χ4v) is 2.94. The molecular formula is C13H28N2O4P+. The summed E-state index contributed by atoms with van der Waals surface area (Å²) in [6.07, 6.45) is 2.94. The van der Waals surface area contributed by atoms with Crippen molar-refractivity contribution in [3.63, 3.8) is 0 Å². The van der Waals surface area contributed by atoms with Gasteiger partial charge < -0.3 is 19.2 Å². The molecule has 0 spiro atoms. The summed E-state index contributed by atoms with van der Waals surface area (Å²) in [6, 6.07) is 0. The minimum Gasteiger partial charge on any atom is -0.352 e. The fraction of sp³-hybridized carbons (Fsp3) is 0.769. The van der Waals surface area contributed by atoms with Gasteiger partial charge in [-0.25, -0.2) is 0 Å². The number of nitrogens with one attached hydrogen (secondary N) is 1. The number of hydrogen-bond donors (Lipinski definition) is 2. The Morgan fingerprint density at radius 3 is 2.55 bits per heavy atom. The summed E-state index contributed by atoms with van der Waals surface area (Å²) < 4.78 is 17.1. The van der Waals surface area contributed by atoms with Gasteiger partial charge in [0, 0.05) is 19.4 Å². The molecule has 0 heterocycles. The topological polar surface area (TPSA) is 75.6 Å². The summed E-state index contributed by atoms with van der Waals surface area (Å²) >= 11 is 0. The summed E-state index contributed by atoms with van der Waals surface area (Å²) in [7, 11) is 0.730. The normalized spacial score (nSPS) is 14.6. The van der Waals surface area contributed by atoms with Gasteiger partial charge in [0.05, 0.1) is 40.0 Å². The molecule has 0 bridgehead atoms. The van der Waals surface area contributed by atoms with Crippen LogP contribution in [-0.4, -0.2) is 61.8 Å². The van der Waals surface area contributed by atoms with Gasteiger partial charge in [-0.3, -0.25) is 9.36 Å². The molecule has 118 valence electrons. The second-order valence-corrected chi connectivity index (χ2v) is 7.34. The molecule has 0 radical (unpaired) electrons. The van der Waals surface area contributed by atoms with Gasteiger partial charge in [0.15, 0.2) is 0 Å². The van der Waals surface area contributed by atoms with Crippen LogP contribution >= 0.6 is 7.60 Å². The van der Waals surface area contributed by atoms with Gasteiger partial charge in [0.25, 0.3) is 0 Å². The highest BCUT2D eigenvalue weighted by atomic mass is 31.2. The number of carbonyl (C=O) groups is 1. The molecule has 0 aliphatic rings. The maximum atomic E-state index is 11.5. The summed E-state index contributed by atoms with van der Waals surface area (Å²) in [5, 5.41) is 2.73. The van der Waals surface area contributed by atoms with Crippen LogP contribution in [0.3, 0.4) is 0 Å². The highest BCUT2D eigenvalue weighted by Crippen LogP contribution is 2.42. The van der Waals surface area contributed by atoms with E-state index in [1.807, 2.05) is 0 Å². The van der Waals surface area contributed by atoms with Crippen molar-refractivity contribution in [2.45, 2.75) is 19.8 Å². The van der Waals surface area contributed by atoms with Gasteiger partial charge in [0.2, 0.25) is 5.91 Å². The van der Waals surface area contributed by atoms with Gasteiger partial charge in [-0.05, 0) is 13.0 Å². The molecule has 2 N–H and O–H groups in total. The first-order valence-electron chi connectivity index (χ1n) is 6.91. The number of hydrogen-bond acceptors (Lipinski definition) is 3. The Labute approximate surface area is 121 Å². The monoisotopic (exact) mass is 307 g/mol. The molecule has 0 aliphatic carbocycles. The van der Waals surface area contributed by atoms with Crippen molar-refractivity contribution in [3.8, 4) is 0 Å². The molecule has 1 amide bonds. The van der Waals surface area contributed by atoms with Crippen LogP contribution in [0.1, 0.15) is 19.8 Å². The van der Waals surface area contributed by atoms with Crippen molar-refractivity contribution < 1.29 is 23.3 Å². The zero-order chi connectivity index (χ0) is 15.6. The highest BCUT2D eigenvalue weighted by Gasteiger charge is 2.21. The Balaban J connectivity index is 3.87. The summed E-state index contributed by atoms with van der Waals surface area (Å²) in [5.41, 5.74) is 0. The summed E-state index contributed by atoms with van der Waals surface area (Å²) in [4.78, 5) is 20.5. The Hall–Kier alpha value is -0.680. The molecule has 7 heteroatoms. The molecule has 6 nitrogen and oxygen atoms in total. The van der Waals surface area contributed by atoms with Crippen LogP contribution in [0.2, 0.25) is 0 Å². The standard InChI is InChI=1S/C13H27N2O4P/c1-5-13(16)14-9-7-10-15(3,4)11-8-12-20(17,18)19-6-2/h5H,1,6-12H2,2-4H3,(H-,14,16,17,18)/p+1. The van der Waals surface area contributed by atoms with Crippen LogP contribution < -0.4 is 5.32 Å². The zero-order valence-corrected chi connectivity index (χ0v) is 13.7. The van der Waals surface area contributed by atoms with Crippen molar-refractivity contribution in [2.75, 3.05) is 46.5 Å². The van der Waals surface area contributed by atoms with Crippen molar-refractivity contribution in [1.29, 1.82) is 0 Å². The lowest BCUT2D eigenvalue weighted by Gasteiger charge is -2.30. The first-order chi connectivity index (χ1) is 9.22. The second kappa shape index (κ2) is 9.29. The van der Waals surface area contributed by atoms with Gasteiger partial charge in [-0.1, -0.05) is 6.58 Å². The molecule has 20 heavy (non-hydrogen) atoms. The third kappa shape index (κ3) is 10.1. The largest absolute Gasteiger partial charge is 0.352 e. The minimum atomic E-state index is -3.41. The Morgan fingerprint density at radius 1 is 1.40 bits per heavy atom. The Morgan fingerprint density at radius 2 is 2.00 bits per heavy atom. The summed E-state index contributed by atoms with van der Waals surface area (Å²) in [5.74, 6) is -0.159. The van der Waals surface area contributed by atoms with Crippen LogP contribution in [0, 0.1) is 0 Å². The van der Waals surface area contributed by atoms with Crippen LogP contribution in [0.4, 0.5) is 0 Å². The van der Waals surface area contributed by atoms with Crippen molar-refractivity contribution in [3.05, 3.63) is 12.7 Å². The van der Waals surface area contributed by atoms with Crippen molar-refractivity contribution in [1.82, 2.24) is 5.32 Å². The third-order valence-corrected chi connectivity index (χ3v) is 4.50. The van der Waals surface area contributed by atoms with Gasteiger partial charge >= 0.3 is 7.60 Å². The van der Waals surface area contributed by atoms with Gasteiger partial charge in [0.1, 0.15) is 0 Å². The molecule has 1 unspecified atom stereocenters. The average Bonchev–Trinajstić information content (AvgIpc) is 2.33. The molecular weight excluding hydrogens is 279 g/mol. The molecule has 0 aliphatic heterocycles. The molecule has 0 fully saturated rings. The predicted octanol–water partition coefficient (Wildman–Crippen LogP) is 1.37. The molecule has 0 aromatic heterocycles. The van der Waals surface area contributed by atoms with E-state index in [1.54, 1.807) is 6.92 Å². The number of amides is 1. The predicted molar refractivity (Wildman–Crippen MR) is 80.6 cm³/mol. The van der Waals surface area contributed by atoms with E-state index in [0.717, 1.165) is 24.0 Å². The van der Waals surface area contributed by atoms with Crippen molar-refractivity contribution >= 4 is 13.5 Å². The third-order valence-electron chi connectivity index (χ3n) is 2.96.